The van der Waals surface area contributed by atoms with Crippen LogP contribution in [0, 0.1) is 13.8 Å². The van der Waals surface area contributed by atoms with Gasteiger partial charge in [-0.05, 0) is 44.0 Å². The summed E-state index contributed by atoms with van der Waals surface area (Å²) in [5.41, 5.74) is 4.76. The Balaban J connectivity index is 1.44. The minimum absolute atomic E-state index is 0.00222. The van der Waals surface area contributed by atoms with Crippen molar-refractivity contribution in [1.82, 2.24) is 19.6 Å². The van der Waals surface area contributed by atoms with Crippen molar-refractivity contribution in [1.29, 1.82) is 0 Å². The van der Waals surface area contributed by atoms with Crippen LogP contribution in [0.15, 0.2) is 59.4 Å². The summed E-state index contributed by atoms with van der Waals surface area (Å²) in [6.45, 7) is 4.72. The molecule has 0 N–H and O–H groups in total. The molecule has 7 heteroatoms. The lowest BCUT2D eigenvalue weighted by Crippen LogP contribution is -2.32. The number of nitrogens with zero attached hydrogens (tertiary/aromatic N) is 5. The second-order valence-electron chi connectivity index (χ2n) is 7.84. The van der Waals surface area contributed by atoms with Crippen LogP contribution in [0.1, 0.15) is 23.4 Å². The number of benzene rings is 2. The van der Waals surface area contributed by atoms with Crippen molar-refractivity contribution >= 4 is 22.5 Å². The summed E-state index contributed by atoms with van der Waals surface area (Å²) in [7, 11) is 0. The fourth-order valence-electron chi connectivity index (χ4n) is 4.39. The van der Waals surface area contributed by atoms with Gasteiger partial charge in [-0.15, -0.1) is 0 Å². The Labute approximate surface area is 179 Å². The average Bonchev–Trinajstić information content (AvgIpc) is 3.37. The van der Waals surface area contributed by atoms with Crippen molar-refractivity contribution in [3.63, 3.8) is 0 Å². The molecule has 0 radical (unpaired) electrons. The predicted molar refractivity (Wildman–Crippen MR) is 120 cm³/mol. The summed E-state index contributed by atoms with van der Waals surface area (Å²) in [4.78, 5) is 27.8. The van der Waals surface area contributed by atoms with E-state index >= 15 is 0 Å². The molecular weight excluding hydrogens is 390 g/mol. The summed E-state index contributed by atoms with van der Waals surface area (Å²) in [6.07, 6.45) is 1.08. The van der Waals surface area contributed by atoms with Gasteiger partial charge in [0.1, 0.15) is 0 Å². The lowest BCUT2D eigenvalue weighted by Gasteiger charge is -2.17. The first-order valence-electron chi connectivity index (χ1n) is 10.5. The second kappa shape index (κ2) is 7.50. The van der Waals surface area contributed by atoms with E-state index in [1.807, 2.05) is 62.4 Å². The molecule has 0 fully saturated rings. The maximum Gasteiger partial charge on any atom is 0.295 e. The Morgan fingerprint density at radius 2 is 1.74 bits per heavy atom. The Kier molecular flexibility index (Phi) is 4.66. The molecule has 5 rings (SSSR count). The fraction of sp³-hybridized carbons (Fsp3) is 0.250. The van der Waals surface area contributed by atoms with E-state index in [0.717, 1.165) is 34.6 Å². The Bertz CT molecular complexity index is 1350. The molecule has 1 aliphatic rings. The molecule has 0 unspecified atom stereocenters. The van der Waals surface area contributed by atoms with Crippen LogP contribution in [-0.4, -0.2) is 32.0 Å². The molecule has 0 atom stereocenters. The van der Waals surface area contributed by atoms with Gasteiger partial charge in [-0.25, -0.2) is 9.36 Å². The van der Waals surface area contributed by atoms with Gasteiger partial charge < -0.3 is 4.90 Å². The average molecular weight is 413 g/mol. The smallest absolute Gasteiger partial charge is 0.295 e. The first kappa shape index (κ1) is 19.2. The van der Waals surface area contributed by atoms with E-state index in [4.69, 9.17) is 0 Å². The van der Waals surface area contributed by atoms with E-state index in [-0.39, 0.29) is 24.4 Å². The zero-order valence-corrected chi connectivity index (χ0v) is 17.6. The molecule has 2 aromatic carbocycles. The lowest BCUT2D eigenvalue weighted by molar-refractivity contribution is -0.118. The Hall–Kier alpha value is -3.74. The van der Waals surface area contributed by atoms with Crippen molar-refractivity contribution in [3.8, 4) is 5.69 Å². The third-order valence-electron chi connectivity index (χ3n) is 5.91. The number of amides is 1. The zero-order chi connectivity index (χ0) is 21.5. The van der Waals surface area contributed by atoms with Crippen molar-refractivity contribution in [3.05, 3.63) is 81.9 Å². The van der Waals surface area contributed by atoms with Crippen molar-refractivity contribution in [2.75, 3.05) is 11.4 Å². The molecule has 31 heavy (non-hydrogen) atoms. The number of rotatable bonds is 4. The van der Waals surface area contributed by atoms with Crippen LogP contribution in [0.25, 0.3) is 16.6 Å². The number of para-hydroxylation sites is 2. The van der Waals surface area contributed by atoms with Crippen LogP contribution < -0.4 is 10.5 Å². The van der Waals surface area contributed by atoms with Gasteiger partial charge in [-0.3, -0.25) is 9.59 Å². The number of fused-ring (bicyclic) bond motifs is 2. The van der Waals surface area contributed by atoms with E-state index in [9.17, 15) is 9.59 Å². The minimum Gasteiger partial charge on any atom is -0.312 e. The fourth-order valence-corrected chi connectivity index (χ4v) is 4.39. The van der Waals surface area contributed by atoms with E-state index in [1.54, 1.807) is 9.58 Å². The van der Waals surface area contributed by atoms with Gasteiger partial charge in [0.2, 0.25) is 5.91 Å². The molecule has 4 aromatic rings. The summed E-state index contributed by atoms with van der Waals surface area (Å²) >= 11 is 0. The van der Waals surface area contributed by atoms with E-state index < -0.39 is 0 Å². The number of carbonyl (C=O) groups is 1. The van der Waals surface area contributed by atoms with Gasteiger partial charge in [-0.2, -0.15) is 10.2 Å². The maximum absolute atomic E-state index is 13.1. The third kappa shape index (κ3) is 3.22. The van der Waals surface area contributed by atoms with Gasteiger partial charge in [0.25, 0.3) is 5.56 Å². The minimum atomic E-state index is -0.270. The summed E-state index contributed by atoms with van der Waals surface area (Å²) in [5, 5.41) is 9.85. The van der Waals surface area contributed by atoms with Gasteiger partial charge in [0, 0.05) is 18.7 Å². The quantitative estimate of drug-likeness (QED) is 0.515. The Morgan fingerprint density at radius 1 is 1.00 bits per heavy atom. The van der Waals surface area contributed by atoms with Crippen molar-refractivity contribution in [2.45, 2.75) is 33.2 Å². The number of aromatic nitrogens is 4. The molecule has 1 aliphatic heterocycles. The molecule has 7 nitrogen and oxygen atoms in total. The SMILES string of the molecule is Cc1nn(CCC(=O)N2CCc3ccccc32)c(=O)c2nn(-c3ccccc3)c(C)c12. The van der Waals surface area contributed by atoms with Crippen LogP contribution in [0.4, 0.5) is 5.69 Å². The van der Waals surface area contributed by atoms with Crippen molar-refractivity contribution < 1.29 is 4.79 Å². The third-order valence-corrected chi connectivity index (χ3v) is 5.91. The van der Waals surface area contributed by atoms with Crippen LogP contribution in [0.2, 0.25) is 0 Å². The summed E-state index contributed by atoms with van der Waals surface area (Å²) < 4.78 is 3.15. The highest BCUT2D eigenvalue weighted by Crippen LogP contribution is 2.28. The second-order valence-corrected chi connectivity index (χ2v) is 7.84. The highest BCUT2D eigenvalue weighted by atomic mass is 16.2. The molecule has 0 saturated heterocycles. The van der Waals surface area contributed by atoms with E-state index in [0.29, 0.717) is 12.1 Å². The van der Waals surface area contributed by atoms with Crippen LogP contribution in [-0.2, 0) is 17.8 Å². The van der Waals surface area contributed by atoms with Gasteiger partial charge in [0.15, 0.2) is 5.52 Å². The van der Waals surface area contributed by atoms with E-state index in [2.05, 4.69) is 16.3 Å². The Morgan fingerprint density at radius 3 is 2.55 bits per heavy atom. The number of anilines is 1. The molecule has 0 spiro atoms. The van der Waals surface area contributed by atoms with Gasteiger partial charge in [0.05, 0.1) is 29.0 Å². The summed E-state index contributed by atoms with van der Waals surface area (Å²) in [5.74, 6) is 0.00222. The highest BCUT2D eigenvalue weighted by Gasteiger charge is 2.24. The molecule has 0 saturated carbocycles. The largest absolute Gasteiger partial charge is 0.312 e. The number of aryl methyl sites for hydroxylation is 3. The molecular formula is C24H23N5O2. The first-order valence-corrected chi connectivity index (χ1v) is 10.5. The molecule has 0 bridgehead atoms. The first-order chi connectivity index (χ1) is 15.0. The summed E-state index contributed by atoms with van der Waals surface area (Å²) in [6, 6.07) is 17.7. The molecule has 3 heterocycles. The van der Waals surface area contributed by atoms with Crippen LogP contribution >= 0.6 is 0 Å². The maximum atomic E-state index is 13.1. The molecule has 2 aromatic heterocycles. The lowest BCUT2D eigenvalue weighted by atomic mass is 10.2. The topological polar surface area (TPSA) is 73.0 Å². The molecule has 0 aliphatic carbocycles. The predicted octanol–water partition coefficient (Wildman–Crippen LogP) is 3.18. The van der Waals surface area contributed by atoms with Gasteiger partial charge >= 0.3 is 0 Å². The number of carbonyl (C=O) groups excluding carboxylic acids is 1. The molecule has 1 amide bonds. The normalized spacial score (nSPS) is 13.0. The van der Waals surface area contributed by atoms with Crippen molar-refractivity contribution in [2.24, 2.45) is 0 Å². The monoisotopic (exact) mass is 413 g/mol. The van der Waals surface area contributed by atoms with Gasteiger partial charge in [-0.1, -0.05) is 36.4 Å². The highest BCUT2D eigenvalue weighted by molar-refractivity contribution is 5.95. The zero-order valence-electron chi connectivity index (χ0n) is 17.6. The number of hydrogen-bond acceptors (Lipinski definition) is 4. The van der Waals surface area contributed by atoms with Crippen LogP contribution in [0.5, 0.6) is 0 Å². The standard InChI is InChI=1S/C24H23N5O2/c1-16-22-17(2)29(19-9-4-3-5-10-19)26-23(22)24(31)28(25-16)15-13-21(30)27-14-12-18-8-6-7-11-20(18)27/h3-11H,12-15H2,1-2H3. The number of hydrogen-bond donors (Lipinski definition) is 0. The van der Waals surface area contributed by atoms with E-state index in [1.165, 1.54) is 10.2 Å². The molecule has 156 valence electrons. The van der Waals surface area contributed by atoms with Crippen LogP contribution in [0.3, 0.4) is 0 Å².